The quantitative estimate of drug-likeness (QED) is 0.577. The molecule has 3 heterocycles. The number of rotatable bonds is 6. The van der Waals surface area contributed by atoms with E-state index in [-0.39, 0.29) is 17.4 Å². The van der Waals surface area contributed by atoms with Gasteiger partial charge >= 0.3 is 0 Å². The van der Waals surface area contributed by atoms with Crippen LogP contribution >= 0.6 is 0 Å². The van der Waals surface area contributed by atoms with Crippen LogP contribution in [0.4, 0.5) is 5.82 Å². The van der Waals surface area contributed by atoms with Crippen molar-refractivity contribution in [1.82, 2.24) is 19.8 Å². The smallest absolute Gasteiger partial charge is 0.293 e. The molecule has 2 aliphatic rings. The third-order valence-electron chi connectivity index (χ3n) is 7.86. The van der Waals surface area contributed by atoms with Crippen molar-refractivity contribution in [3.8, 4) is 0 Å². The molecule has 5 rings (SSSR count). The second kappa shape index (κ2) is 10.8. The van der Waals surface area contributed by atoms with Gasteiger partial charge in [0.15, 0.2) is 5.82 Å². The SMILES string of the molecule is Cc1ccc(CN2CCC(CNC(=O)[C@H]3CCCN(c4nc5ccccc5n(C)c4=O)C3)CC2)cc1. The Labute approximate surface area is 213 Å². The van der Waals surface area contributed by atoms with Crippen LogP contribution in [0.3, 0.4) is 0 Å². The number of piperidine rings is 2. The molecule has 0 spiro atoms. The second-order valence-electron chi connectivity index (χ2n) is 10.5. The van der Waals surface area contributed by atoms with Gasteiger partial charge in [-0.3, -0.25) is 14.5 Å². The number of likely N-dealkylation sites (tertiary alicyclic amines) is 1. The average molecular weight is 488 g/mol. The summed E-state index contributed by atoms with van der Waals surface area (Å²) in [7, 11) is 1.79. The van der Waals surface area contributed by atoms with E-state index >= 15 is 0 Å². The molecule has 0 saturated carbocycles. The number of fused-ring (bicyclic) bond motifs is 1. The Morgan fingerprint density at radius 1 is 1.03 bits per heavy atom. The summed E-state index contributed by atoms with van der Waals surface area (Å²) >= 11 is 0. The average Bonchev–Trinajstić information content (AvgIpc) is 2.91. The highest BCUT2D eigenvalue weighted by molar-refractivity contribution is 5.80. The Kier molecular flexibility index (Phi) is 7.37. The van der Waals surface area contributed by atoms with Gasteiger partial charge in [0.25, 0.3) is 5.56 Å². The molecule has 1 aromatic heterocycles. The minimum atomic E-state index is -0.113. The van der Waals surface area contributed by atoms with E-state index < -0.39 is 0 Å². The van der Waals surface area contributed by atoms with Crippen LogP contribution in [-0.2, 0) is 18.4 Å². The van der Waals surface area contributed by atoms with E-state index in [1.807, 2.05) is 29.2 Å². The van der Waals surface area contributed by atoms with E-state index in [9.17, 15) is 9.59 Å². The molecule has 2 aliphatic heterocycles. The van der Waals surface area contributed by atoms with Crippen molar-refractivity contribution >= 4 is 22.8 Å². The van der Waals surface area contributed by atoms with E-state index in [0.29, 0.717) is 18.3 Å². The normalized spacial score (nSPS) is 19.5. The zero-order valence-corrected chi connectivity index (χ0v) is 21.4. The molecule has 2 saturated heterocycles. The topological polar surface area (TPSA) is 70.5 Å². The maximum absolute atomic E-state index is 13.1. The van der Waals surface area contributed by atoms with Crippen molar-refractivity contribution in [1.29, 1.82) is 0 Å². The van der Waals surface area contributed by atoms with Crippen molar-refractivity contribution in [2.75, 3.05) is 37.6 Å². The summed E-state index contributed by atoms with van der Waals surface area (Å²) in [6, 6.07) is 16.5. The highest BCUT2D eigenvalue weighted by Crippen LogP contribution is 2.23. The number of carbonyl (C=O) groups excluding carboxylic acids is 1. The van der Waals surface area contributed by atoms with Gasteiger partial charge in [-0.05, 0) is 69.3 Å². The molecule has 2 fully saturated rings. The number of carbonyl (C=O) groups is 1. The zero-order valence-electron chi connectivity index (χ0n) is 21.4. The van der Waals surface area contributed by atoms with E-state index in [0.717, 1.165) is 69.4 Å². The fourth-order valence-electron chi connectivity index (χ4n) is 5.54. The maximum atomic E-state index is 13.1. The van der Waals surface area contributed by atoms with Crippen LogP contribution in [-0.4, -0.2) is 53.1 Å². The van der Waals surface area contributed by atoms with Crippen LogP contribution in [0.5, 0.6) is 0 Å². The van der Waals surface area contributed by atoms with Crippen LogP contribution in [0, 0.1) is 18.8 Å². The lowest BCUT2D eigenvalue weighted by atomic mass is 9.94. The van der Waals surface area contributed by atoms with E-state index in [1.165, 1.54) is 11.1 Å². The molecule has 1 amide bonds. The largest absolute Gasteiger partial charge is 0.356 e. The first kappa shape index (κ1) is 24.5. The predicted molar refractivity (Wildman–Crippen MR) is 144 cm³/mol. The summed E-state index contributed by atoms with van der Waals surface area (Å²) in [5.41, 5.74) is 4.18. The molecule has 190 valence electrons. The molecule has 2 aromatic carbocycles. The lowest BCUT2D eigenvalue weighted by Gasteiger charge is -2.34. The molecule has 0 unspecified atom stereocenters. The molecule has 7 heteroatoms. The minimum Gasteiger partial charge on any atom is -0.356 e. The maximum Gasteiger partial charge on any atom is 0.293 e. The summed E-state index contributed by atoms with van der Waals surface area (Å²) in [5.74, 6) is 0.977. The van der Waals surface area contributed by atoms with Gasteiger partial charge < -0.3 is 14.8 Å². The van der Waals surface area contributed by atoms with E-state index in [2.05, 4.69) is 46.4 Å². The fourth-order valence-corrected chi connectivity index (χ4v) is 5.54. The van der Waals surface area contributed by atoms with Gasteiger partial charge in [0.05, 0.1) is 17.0 Å². The summed E-state index contributed by atoms with van der Waals surface area (Å²) < 4.78 is 1.66. The first-order chi connectivity index (χ1) is 17.5. The molecule has 36 heavy (non-hydrogen) atoms. The minimum absolute atomic E-state index is 0.104. The molecule has 0 aliphatic carbocycles. The van der Waals surface area contributed by atoms with Gasteiger partial charge in [-0.15, -0.1) is 0 Å². The van der Waals surface area contributed by atoms with Gasteiger partial charge in [0.1, 0.15) is 0 Å². The number of hydrogen-bond acceptors (Lipinski definition) is 5. The summed E-state index contributed by atoms with van der Waals surface area (Å²) in [6.07, 6.45) is 3.96. The second-order valence-corrected chi connectivity index (χ2v) is 10.5. The first-order valence-corrected chi connectivity index (χ1v) is 13.2. The third-order valence-corrected chi connectivity index (χ3v) is 7.86. The lowest BCUT2D eigenvalue weighted by Crippen LogP contribution is -2.46. The molecule has 0 radical (unpaired) electrons. The number of amides is 1. The number of aromatic nitrogens is 2. The Morgan fingerprint density at radius 2 is 1.78 bits per heavy atom. The Hall–Kier alpha value is -3.19. The van der Waals surface area contributed by atoms with Crippen LogP contribution in [0.1, 0.15) is 36.8 Å². The van der Waals surface area contributed by atoms with Crippen molar-refractivity contribution in [2.45, 2.75) is 39.2 Å². The number of aryl methyl sites for hydroxylation is 2. The molecule has 3 aromatic rings. The highest BCUT2D eigenvalue weighted by Gasteiger charge is 2.29. The first-order valence-electron chi connectivity index (χ1n) is 13.2. The number of benzene rings is 2. The van der Waals surface area contributed by atoms with Gasteiger partial charge in [-0.1, -0.05) is 42.0 Å². The third kappa shape index (κ3) is 5.46. The molecule has 1 atom stereocenters. The van der Waals surface area contributed by atoms with Gasteiger partial charge in [-0.2, -0.15) is 0 Å². The Bertz CT molecular complexity index is 1260. The Morgan fingerprint density at radius 3 is 2.56 bits per heavy atom. The molecular formula is C29H37N5O2. The Balaban J connectivity index is 1.13. The number of nitrogens with one attached hydrogen (secondary N) is 1. The molecule has 0 bridgehead atoms. The van der Waals surface area contributed by atoms with Crippen molar-refractivity contribution in [2.24, 2.45) is 18.9 Å². The van der Waals surface area contributed by atoms with Crippen molar-refractivity contribution in [3.05, 3.63) is 70.0 Å². The zero-order chi connectivity index (χ0) is 25.1. The lowest BCUT2D eigenvalue weighted by molar-refractivity contribution is -0.125. The van der Waals surface area contributed by atoms with Gasteiger partial charge in [-0.25, -0.2) is 4.98 Å². The molecular weight excluding hydrogens is 450 g/mol. The van der Waals surface area contributed by atoms with Crippen molar-refractivity contribution < 1.29 is 4.79 Å². The van der Waals surface area contributed by atoms with E-state index in [4.69, 9.17) is 0 Å². The summed E-state index contributed by atoms with van der Waals surface area (Å²) in [4.78, 5) is 35.3. The summed E-state index contributed by atoms with van der Waals surface area (Å²) in [6.45, 7) is 7.30. The number of hydrogen-bond donors (Lipinski definition) is 1. The van der Waals surface area contributed by atoms with Crippen LogP contribution in [0.15, 0.2) is 53.3 Å². The molecule has 7 nitrogen and oxygen atoms in total. The predicted octanol–water partition coefficient (Wildman–Crippen LogP) is 3.49. The molecule has 1 N–H and O–H groups in total. The fraction of sp³-hybridized carbons (Fsp3) is 0.483. The van der Waals surface area contributed by atoms with E-state index in [1.54, 1.807) is 11.6 Å². The number of nitrogens with zero attached hydrogens (tertiary/aromatic N) is 4. The number of anilines is 1. The van der Waals surface area contributed by atoms with Crippen molar-refractivity contribution in [3.63, 3.8) is 0 Å². The summed E-state index contributed by atoms with van der Waals surface area (Å²) in [5, 5.41) is 3.23. The monoisotopic (exact) mass is 487 g/mol. The standard InChI is InChI=1S/C29H37N5O2/c1-21-9-11-23(12-10-21)19-33-16-13-22(14-17-33)18-30-28(35)24-6-5-15-34(20-24)27-29(36)32(2)26-8-4-3-7-25(26)31-27/h3-4,7-12,22,24H,5-6,13-20H2,1-2H3,(H,30,35)/t24-/m0/s1. The van der Waals surface area contributed by atoms with Gasteiger partial charge in [0.2, 0.25) is 5.91 Å². The van der Waals surface area contributed by atoms with Crippen LogP contribution < -0.4 is 15.8 Å². The number of para-hydroxylation sites is 2. The highest BCUT2D eigenvalue weighted by atomic mass is 16.2. The van der Waals surface area contributed by atoms with Gasteiger partial charge in [0, 0.05) is 33.2 Å². The van der Waals surface area contributed by atoms with Crippen LogP contribution in [0.2, 0.25) is 0 Å². The van der Waals surface area contributed by atoms with Crippen LogP contribution in [0.25, 0.3) is 11.0 Å².